The Morgan fingerprint density at radius 3 is 1.42 bits per heavy atom. The number of amides is 11. The second-order valence-electron chi connectivity index (χ2n) is 29.9. The van der Waals surface area contributed by atoms with Gasteiger partial charge in [0.05, 0.1) is 43.9 Å². The molecule has 0 saturated carbocycles. The molecule has 0 radical (unpaired) electrons. The van der Waals surface area contributed by atoms with Crippen molar-refractivity contribution < 1.29 is 143 Å². The number of nitrogens with zero attached hydrogens (tertiary/aromatic N) is 5. The number of rotatable bonds is 59. The first kappa shape index (κ1) is 107. The van der Waals surface area contributed by atoms with Gasteiger partial charge in [0.25, 0.3) is 5.91 Å². The zero-order valence-electron chi connectivity index (χ0n) is 69.9. The maximum Gasteiger partial charge on any atom is 0.327 e. The van der Waals surface area contributed by atoms with Crippen molar-refractivity contribution in [2.45, 2.75) is 193 Å². The number of nitrogens with two attached hydrogens (primary N) is 2. The Hall–Kier alpha value is -13.1. The van der Waals surface area contributed by atoms with Gasteiger partial charge in [0.15, 0.2) is 11.2 Å². The Morgan fingerprint density at radius 1 is 0.504 bits per heavy atom. The van der Waals surface area contributed by atoms with Gasteiger partial charge in [-0.2, -0.15) is 39.0 Å². The molecule has 50 nitrogen and oxygen atoms in total. The van der Waals surface area contributed by atoms with Crippen LogP contribution < -0.4 is 80.9 Å². The van der Waals surface area contributed by atoms with Crippen molar-refractivity contribution in [1.29, 1.82) is 0 Å². The number of carbonyl (C=O) groups excluding carboxylic acids is 12. The van der Waals surface area contributed by atoms with Crippen molar-refractivity contribution in [2.24, 2.45) is 5.18 Å². The first-order chi connectivity index (χ1) is 62.2. The lowest BCUT2D eigenvalue weighted by atomic mass is 9.99. The van der Waals surface area contributed by atoms with Crippen LogP contribution in [0.5, 0.6) is 0 Å². The van der Waals surface area contributed by atoms with E-state index in [2.05, 4.69) is 96.6 Å². The minimum atomic E-state index is -2.22. The average Bonchev–Trinajstić information content (AvgIpc) is 1.72. The normalized spacial score (nSPS) is 15.3. The van der Waals surface area contributed by atoms with Crippen LogP contribution in [0.1, 0.15) is 117 Å². The van der Waals surface area contributed by atoms with Gasteiger partial charge in [-0.15, -0.1) is 0 Å². The number of carbonyl (C=O) groups is 16. The van der Waals surface area contributed by atoms with Gasteiger partial charge >= 0.3 is 29.4 Å². The van der Waals surface area contributed by atoms with E-state index < -0.39 is 307 Å². The molecule has 0 aliphatic heterocycles. The fraction of sp³-hybridized carbons (Fsp3) is 0.494. The van der Waals surface area contributed by atoms with E-state index in [1.807, 2.05) is 48.5 Å². The Kier molecular flexibility index (Phi) is 43.3. The standard InChI is InChI=1S/C79H105N19O31S2/c80-79-96-68-63(76(124)98(79)81)87-39(29-86-68)28-82-38-13-11-37(12-14-38)69(117)93-50(77(125)126)17-22-60(108)88-46(15-20-57(105)84-31-54(102)65(114)64(113)52(33-100)97-129)71(119)92-48(18-23-61(109)110)72(120)89-45(10-5-26-99)70(118)91-49(19-24-62(111)112)73(121)90-47(16-21-58(106)85-32-55(103)66(115)67(116)56(104)34-101)74(122)94-51(75(123)95-53(35-130)78(127)128)30-83-59(107)25-27-131-36-44-42-8-3-1-6-40(42)41-7-2-4-9-43(41)44/h1-4,6-9,11-14,26,29,44-56,64-67,82,100-104,113-116,130H,5,10,15-25,27-28,30-36,81H2,(H,83,107)(H,84,105)(H,85,106)(H,88,108)(H,89,120)(H,90,121)(H,91,118)(H,92,119)(H,93,117)(H,94,122)(H,95,123)(H,109,110)(H,111,112)(H,125,126)(H,127,128)(H2,80,86,96)/t45-,46-,47-,48-,49-,50-,51-,52+,53-,54-,55-,56+,64+,65+,66+,67+/m0/s1. The van der Waals surface area contributed by atoms with Crippen LogP contribution in [0.15, 0.2) is 89.0 Å². The van der Waals surface area contributed by atoms with Crippen LogP contribution in [-0.4, -0.2) is 328 Å². The number of aliphatic carboxylic acids is 4. The van der Waals surface area contributed by atoms with Gasteiger partial charge in [-0.1, -0.05) is 53.7 Å². The topological polar surface area (TPSA) is 823 Å². The molecule has 2 heterocycles. The Bertz CT molecular complexity index is 4880. The van der Waals surface area contributed by atoms with Crippen molar-refractivity contribution in [2.75, 3.05) is 67.0 Å². The van der Waals surface area contributed by atoms with Gasteiger partial charge in [0.2, 0.25) is 65.0 Å². The molecule has 0 bridgehead atoms. The number of nitrogens with one attached hydrogen (secondary N) is 12. The van der Waals surface area contributed by atoms with E-state index in [4.69, 9.17) is 11.6 Å². The molecular weight excluding hydrogens is 1780 g/mol. The van der Waals surface area contributed by atoms with Gasteiger partial charge in [-0.25, -0.2) is 19.6 Å². The van der Waals surface area contributed by atoms with Crippen molar-refractivity contribution in [3.63, 3.8) is 0 Å². The van der Waals surface area contributed by atoms with Gasteiger partial charge in [-0.05, 0) is 85.0 Å². The van der Waals surface area contributed by atoms with E-state index in [0.717, 1.165) is 22.3 Å². The molecule has 2 aromatic heterocycles. The summed E-state index contributed by atoms with van der Waals surface area (Å²) in [6.45, 7) is -4.75. The molecule has 16 atom stereocenters. The van der Waals surface area contributed by atoms with E-state index in [1.54, 1.807) is 0 Å². The van der Waals surface area contributed by atoms with E-state index in [0.29, 0.717) is 16.1 Å². The minimum absolute atomic E-state index is 0.0258. The summed E-state index contributed by atoms with van der Waals surface area (Å²) < 4.78 is 0.578. The van der Waals surface area contributed by atoms with Crippen LogP contribution in [0, 0.1) is 4.91 Å². The predicted molar refractivity (Wildman–Crippen MR) is 461 cm³/mol. The number of benzene rings is 3. The largest absolute Gasteiger partial charge is 0.481 e. The van der Waals surface area contributed by atoms with E-state index >= 15 is 0 Å². The molecule has 1 aliphatic rings. The minimum Gasteiger partial charge on any atom is -0.481 e. The summed E-state index contributed by atoms with van der Waals surface area (Å²) in [6.07, 6.45) is -23.6. The summed E-state index contributed by atoms with van der Waals surface area (Å²) in [5.74, 6) is -14.5. The van der Waals surface area contributed by atoms with Crippen molar-refractivity contribution >= 4 is 142 Å². The highest BCUT2D eigenvalue weighted by Gasteiger charge is 2.39. The number of nitroso groups, excluding NO2 is 1. The summed E-state index contributed by atoms with van der Waals surface area (Å²) >= 11 is 5.40. The summed E-state index contributed by atoms with van der Waals surface area (Å²) in [5.41, 5.74) is 9.39. The molecule has 0 saturated heterocycles. The second kappa shape index (κ2) is 53.2. The third-order valence-corrected chi connectivity index (χ3v) is 21.8. The number of fused-ring (bicyclic) bond motifs is 4. The van der Waals surface area contributed by atoms with E-state index in [1.165, 1.54) is 42.2 Å². The molecule has 0 spiro atoms. The smallest absolute Gasteiger partial charge is 0.327 e. The van der Waals surface area contributed by atoms with Crippen LogP contribution in [0.25, 0.3) is 22.3 Å². The molecule has 6 rings (SSSR count). The lowest BCUT2D eigenvalue weighted by Crippen LogP contribution is -2.61. The number of carboxylic acids is 4. The monoisotopic (exact) mass is 1880 g/mol. The molecule has 714 valence electrons. The second-order valence-corrected chi connectivity index (χ2v) is 31.4. The van der Waals surface area contributed by atoms with Crippen LogP contribution in [-0.2, 0) is 78.5 Å². The fourth-order valence-electron chi connectivity index (χ4n) is 13.0. The maximum absolute atomic E-state index is 14.7. The maximum atomic E-state index is 14.7. The quantitative estimate of drug-likeness (QED) is 0.00565. The Morgan fingerprint density at radius 2 is 0.939 bits per heavy atom. The molecule has 3 aromatic carbocycles. The predicted octanol–water partition coefficient (Wildman–Crippen LogP) is -8.33. The zero-order chi connectivity index (χ0) is 96.9. The number of hydrogen-bond donors (Lipinski definition) is 28. The van der Waals surface area contributed by atoms with Gasteiger partial charge in [0.1, 0.15) is 91.2 Å². The molecular formula is C79H105N19O31S2. The molecule has 0 fully saturated rings. The van der Waals surface area contributed by atoms with Crippen LogP contribution >= 0.6 is 24.4 Å². The number of hydrogen-bond acceptors (Lipinski definition) is 36. The number of anilines is 2. The number of nitrogen functional groups attached to an aromatic ring is 2. The number of thioether (sulfide) groups is 1. The summed E-state index contributed by atoms with van der Waals surface area (Å²) in [7, 11) is 0. The third kappa shape index (κ3) is 33.1. The highest BCUT2D eigenvalue weighted by atomic mass is 32.2. The molecule has 131 heavy (non-hydrogen) atoms. The summed E-state index contributed by atoms with van der Waals surface area (Å²) in [5, 5.41) is 160. The van der Waals surface area contributed by atoms with Gasteiger partial charge in [-0.3, -0.25) is 67.1 Å². The van der Waals surface area contributed by atoms with Crippen LogP contribution in [0.2, 0.25) is 0 Å². The number of aldehydes is 1. The first-order valence-corrected chi connectivity index (χ1v) is 42.4. The van der Waals surface area contributed by atoms with E-state index in [9.17, 15) is 153 Å². The van der Waals surface area contributed by atoms with Crippen LogP contribution in [0.3, 0.4) is 0 Å². The SMILES string of the molecule is Nc1nc2ncc(CNc3ccc(C(=O)N[C@@H](CCC(=O)N[C@@H](CCC(=O)NC[C@H](O)[C@@H](O)[C@H](O)[C@@H](CO)N=O)C(=O)N[C@@H](CCC(=O)O)C(=O)N[C@@H](CCC=O)C(=O)N[C@@H](CCC(=O)O)C(=O)N[C@@H](CCC(=O)NC[C@H](O)[C@@H](O)[C@H](O)[C@H](O)CO)C(=O)N[C@@H](CNC(=O)CCSCC4c5ccccc5-c5ccccc54)C(=O)N[C@@H](CS)C(=O)O)C(=O)O)cc3)nc2c(=O)n1N. The molecule has 11 amide bonds. The molecule has 29 N–H and O–H groups in total. The lowest BCUT2D eigenvalue weighted by Gasteiger charge is -2.28. The molecule has 1 aliphatic carbocycles. The summed E-state index contributed by atoms with van der Waals surface area (Å²) in [4.78, 5) is 252. The zero-order valence-corrected chi connectivity index (χ0v) is 71.6. The highest BCUT2D eigenvalue weighted by molar-refractivity contribution is 7.99. The van der Waals surface area contributed by atoms with Crippen molar-refractivity contribution in [3.8, 4) is 11.1 Å². The van der Waals surface area contributed by atoms with E-state index in [-0.39, 0.29) is 59.3 Å². The number of thiol groups is 1. The fourth-order valence-corrected chi connectivity index (χ4v) is 14.3. The molecule has 52 heteroatoms. The highest BCUT2D eigenvalue weighted by Crippen LogP contribution is 2.46. The first-order valence-electron chi connectivity index (χ1n) is 40.6. The number of carboxylic acid groups (broad SMARTS) is 4. The molecule has 0 unspecified atom stereocenters. The summed E-state index contributed by atoms with van der Waals surface area (Å²) in [6, 6.07) is 3.20. The van der Waals surface area contributed by atoms with Crippen LogP contribution in [0.4, 0.5) is 11.6 Å². The number of aromatic nitrogens is 4. The average molecular weight is 1880 g/mol. The third-order valence-electron chi connectivity index (χ3n) is 20.4. The number of aliphatic hydroxyl groups is 9. The van der Waals surface area contributed by atoms with Crippen molar-refractivity contribution in [3.05, 3.63) is 117 Å². The Balaban J connectivity index is 1.22. The van der Waals surface area contributed by atoms with Crippen molar-refractivity contribution in [1.82, 2.24) is 78.1 Å². The van der Waals surface area contributed by atoms with Gasteiger partial charge < -0.3 is 147 Å². The Labute approximate surface area is 753 Å². The number of aliphatic hydroxyl groups excluding tert-OH is 9. The van der Waals surface area contributed by atoms with Gasteiger partial charge in [0, 0.05) is 99.0 Å². The lowest BCUT2D eigenvalue weighted by molar-refractivity contribution is -0.142. The molecule has 5 aromatic rings.